The average Bonchev–Trinajstić information content (AvgIpc) is 2.21. The van der Waals surface area contributed by atoms with Crippen molar-refractivity contribution < 1.29 is 21.6 Å². The molecule has 1 rings (SSSR count). The van der Waals surface area contributed by atoms with E-state index < -0.39 is 31.5 Å². The zero-order chi connectivity index (χ0) is 13.2. The van der Waals surface area contributed by atoms with Crippen LogP contribution in [0.25, 0.3) is 0 Å². The van der Waals surface area contributed by atoms with E-state index in [4.69, 9.17) is 0 Å². The van der Waals surface area contributed by atoms with Crippen molar-refractivity contribution in [1.29, 1.82) is 0 Å². The van der Waals surface area contributed by atoms with Gasteiger partial charge in [-0.25, -0.2) is 12.8 Å². The van der Waals surface area contributed by atoms with Gasteiger partial charge in [0.05, 0.1) is 5.69 Å². The molecule has 0 amide bonds. The molecule has 0 bridgehead atoms. The van der Waals surface area contributed by atoms with Crippen molar-refractivity contribution in [3.8, 4) is 0 Å². The van der Waals surface area contributed by atoms with E-state index in [9.17, 15) is 21.6 Å². The highest BCUT2D eigenvalue weighted by molar-refractivity contribution is 9.10. The van der Waals surface area contributed by atoms with Gasteiger partial charge in [0.15, 0.2) is 0 Å². The quantitative estimate of drug-likeness (QED) is 0.839. The molecule has 0 saturated heterocycles. The number of hydrogen-bond acceptors (Lipinski definition) is 4. The molecule has 17 heavy (non-hydrogen) atoms. The molecule has 0 aliphatic heterocycles. The SMILES string of the molecule is CC(S(=O)[O-])S(=O)(=O)Nc1ccc(F)cc1Br. The van der Waals surface area contributed by atoms with Gasteiger partial charge in [0.1, 0.15) is 10.4 Å². The van der Waals surface area contributed by atoms with Gasteiger partial charge in [-0.3, -0.25) is 8.93 Å². The molecule has 1 aromatic rings. The van der Waals surface area contributed by atoms with Crippen molar-refractivity contribution >= 4 is 42.7 Å². The van der Waals surface area contributed by atoms with Gasteiger partial charge in [0.2, 0.25) is 10.0 Å². The van der Waals surface area contributed by atoms with E-state index in [1.165, 1.54) is 6.07 Å². The zero-order valence-corrected chi connectivity index (χ0v) is 11.7. The first kappa shape index (κ1) is 14.6. The van der Waals surface area contributed by atoms with E-state index >= 15 is 0 Å². The zero-order valence-electron chi connectivity index (χ0n) is 8.51. The molecule has 9 heteroatoms. The van der Waals surface area contributed by atoms with Gasteiger partial charge in [-0.05, 0) is 52.1 Å². The maximum absolute atomic E-state index is 12.8. The van der Waals surface area contributed by atoms with Gasteiger partial charge in [0.25, 0.3) is 0 Å². The predicted octanol–water partition coefficient (Wildman–Crippen LogP) is 1.55. The smallest absolute Gasteiger partial charge is 0.246 e. The minimum Gasteiger partial charge on any atom is -0.771 e. The first-order valence-electron chi connectivity index (χ1n) is 4.29. The third-order valence-electron chi connectivity index (χ3n) is 1.89. The lowest BCUT2D eigenvalue weighted by Crippen LogP contribution is -2.28. The lowest BCUT2D eigenvalue weighted by Gasteiger charge is -2.17. The normalized spacial score (nSPS) is 15.3. The summed E-state index contributed by atoms with van der Waals surface area (Å²) < 4.78 is 57.7. The van der Waals surface area contributed by atoms with Crippen LogP contribution in [0.4, 0.5) is 10.1 Å². The lowest BCUT2D eigenvalue weighted by atomic mass is 10.3. The Labute approximate surface area is 109 Å². The molecule has 96 valence electrons. The molecule has 0 radical (unpaired) electrons. The summed E-state index contributed by atoms with van der Waals surface area (Å²) in [4.78, 5) is 0. The van der Waals surface area contributed by atoms with Gasteiger partial charge < -0.3 is 4.55 Å². The topological polar surface area (TPSA) is 86.3 Å². The molecule has 2 atom stereocenters. The Morgan fingerprint density at radius 3 is 2.59 bits per heavy atom. The van der Waals surface area contributed by atoms with Crippen LogP contribution in [0.1, 0.15) is 6.92 Å². The molecule has 0 heterocycles. The van der Waals surface area contributed by atoms with E-state index in [1.54, 1.807) is 0 Å². The van der Waals surface area contributed by atoms with Crippen molar-refractivity contribution in [3.05, 3.63) is 28.5 Å². The summed E-state index contributed by atoms with van der Waals surface area (Å²) in [6, 6.07) is 3.32. The summed E-state index contributed by atoms with van der Waals surface area (Å²) >= 11 is 0.211. The van der Waals surface area contributed by atoms with E-state index in [0.717, 1.165) is 19.1 Å². The molecule has 0 aliphatic rings. The Morgan fingerprint density at radius 1 is 1.53 bits per heavy atom. The standard InChI is InChI=1S/C8H9BrFNO4S2/c1-5(16(12)13)17(14,15)11-8-3-2-6(10)4-7(8)9/h2-5,11H,1H3,(H,12,13)/p-1. The second kappa shape index (κ2) is 5.42. The molecule has 2 unspecified atom stereocenters. The minimum atomic E-state index is -4.06. The summed E-state index contributed by atoms with van der Waals surface area (Å²) in [6.07, 6.45) is 0. The molecule has 0 aromatic heterocycles. The molecule has 0 saturated carbocycles. The average molecular weight is 345 g/mol. The number of benzene rings is 1. The molecule has 0 fully saturated rings. The Morgan fingerprint density at radius 2 is 2.12 bits per heavy atom. The Balaban J connectivity index is 3.02. The van der Waals surface area contributed by atoms with Crippen LogP contribution in [0.3, 0.4) is 0 Å². The van der Waals surface area contributed by atoms with Gasteiger partial charge in [-0.1, -0.05) is 0 Å². The largest absolute Gasteiger partial charge is 0.771 e. The van der Waals surface area contributed by atoms with Crippen molar-refractivity contribution in [1.82, 2.24) is 0 Å². The van der Waals surface area contributed by atoms with Crippen LogP contribution in [0, 0.1) is 5.82 Å². The van der Waals surface area contributed by atoms with Gasteiger partial charge in [0, 0.05) is 4.47 Å². The number of halogens is 2. The van der Waals surface area contributed by atoms with Gasteiger partial charge in [-0.15, -0.1) is 0 Å². The number of sulfonamides is 1. The Hall–Kier alpha value is -0.510. The van der Waals surface area contributed by atoms with Crippen LogP contribution < -0.4 is 4.72 Å². The Kier molecular flexibility index (Phi) is 4.64. The maximum atomic E-state index is 12.8. The van der Waals surface area contributed by atoms with Crippen LogP contribution >= 0.6 is 15.9 Å². The second-order valence-electron chi connectivity index (χ2n) is 3.10. The highest BCUT2D eigenvalue weighted by Crippen LogP contribution is 2.25. The molecule has 0 spiro atoms. The maximum Gasteiger partial charge on any atom is 0.246 e. The predicted molar refractivity (Wildman–Crippen MR) is 65.0 cm³/mol. The second-order valence-corrected chi connectivity index (χ2v) is 7.48. The molecular weight excluding hydrogens is 337 g/mol. The van der Waals surface area contributed by atoms with Crippen molar-refractivity contribution in [2.45, 2.75) is 11.5 Å². The van der Waals surface area contributed by atoms with E-state index in [0.29, 0.717) is 0 Å². The lowest BCUT2D eigenvalue weighted by molar-refractivity contribution is 0.531. The van der Waals surface area contributed by atoms with E-state index in [2.05, 4.69) is 20.7 Å². The molecule has 1 N–H and O–H groups in total. The minimum absolute atomic E-state index is 0.0729. The summed E-state index contributed by atoms with van der Waals surface area (Å²) in [5.74, 6) is -0.541. The number of nitrogens with one attached hydrogen (secondary N) is 1. The highest BCUT2D eigenvalue weighted by atomic mass is 79.9. The molecule has 1 aromatic carbocycles. The summed E-state index contributed by atoms with van der Waals surface area (Å²) in [5, 5.41) is 0. The highest BCUT2D eigenvalue weighted by Gasteiger charge is 2.22. The summed E-state index contributed by atoms with van der Waals surface area (Å²) in [6.45, 7) is 1.03. The summed E-state index contributed by atoms with van der Waals surface area (Å²) in [7, 11) is -4.06. The number of rotatable bonds is 4. The fourth-order valence-corrected chi connectivity index (χ4v) is 3.12. The van der Waals surface area contributed by atoms with Crippen molar-refractivity contribution in [2.75, 3.05) is 4.72 Å². The van der Waals surface area contributed by atoms with Crippen molar-refractivity contribution in [3.63, 3.8) is 0 Å². The van der Waals surface area contributed by atoms with Gasteiger partial charge in [-0.2, -0.15) is 0 Å². The monoisotopic (exact) mass is 344 g/mol. The number of anilines is 1. The molecule has 0 aliphatic carbocycles. The third kappa shape index (κ3) is 3.73. The van der Waals surface area contributed by atoms with Crippen molar-refractivity contribution in [2.24, 2.45) is 0 Å². The van der Waals surface area contributed by atoms with Crippen LogP contribution in [-0.2, 0) is 21.1 Å². The Bertz CT molecular complexity index is 548. The van der Waals surface area contributed by atoms with E-state index in [-0.39, 0.29) is 10.2 Å². The van der Waals surface area contributed by atoms with Crippen LogP contribution in [0.5, 0.6) is 0 Å². The van der Waals surface area contributed by atoms with Crippen LogP contribution in [0.2, 0.25) is 0 Å². The van der Waals surface area contributed by atoms with Crippen LogP contribution in [-0.4, -0.2) is 21.8 Å². The van der Waals surface area contributed by atoms with Gasteiger partial charge >= 0.3 is 0 Å². The molecule has 5 nitrogen and oxygen atoms in total. The fraction of sp³-hybridized carbons (Fsp3) is 0.250. The van der Waals surface area contributed by atoms with E-state index in [1.807, 2.05) is 0 Å². The summed E-state index contributed by atoms with van der Waals surface area (Å²) in [5.41, 5.74) is 0.0729. The third-order valence-corrected chi connectivity index (χ3v) is 5.70. The van der Waals surface area contributed by atoms with Crippen LogP contribution in [0.15, 0.2) is 22.7 Å². The first-order valence-corrected chi connectivity index (χ1v) is 7.76. The number of hydrogen-bond donors (Lipinski definition) is 1. The molecular formula is C8H8BrFNO4S2-. The first-order chi connectivity index (χ1) is 7.74. The fourth-order valence-electron chi connectivity index (χ4n) is 0.912.